The molecule has 1 saturated heterocycles. The SMILES string of the molecule is O=C(Nc1ccc(Cl)c(Cl)c1)c1ccnc(NCCN2CCOCC2)n1. The van der Waals surface area contributed by atoms with E-state index in [4.69, 9.17) is 27.9 Å². The van der Waals surface area contributed by atoms with E-state index in [9.17, 15) is 4.79 Å². The largest absolute Gasteiger partial charge is 0.379 e. The molecule has 1 aromatic carbocycles. The van der Waals surface area contributed by atoms with Crippen molar-refractivity contribution >= 4 is 40.7 Å². The first-order valence-corrected chi connectivity index (χ1v) is 9.01. The summed E-state index contributed by atoms with van der Waals surface area (Å²) in [6, 6.07) is 6.44. The molecule has 1 aliphatic heterocycles. The van der Waals surface area contributed by atoms with E-state index in [2.05, 4.69) is 25.5 Å². The number of morpholine rings is 1. The van der Waals surface area contributed by atoms with E-state index in [0.29, 0.717) is 28.2 Å². The van der Waals surface area contributed by atoms with E-state index < -0.39 is 0 Å². The summed E-state index contributed by atoms with van der Waals surface area (Å²) in [6.07, 6.45) is 1.55. The fraction of sp³-hybridized carbons (Fsp3) is 0.353. The van der Waals surface area contributed by atoms with Gasteiger partial charge in [0.05, 0.1) is 23.3 Å². The highest BCUT2D eigenvalue weighted by Crippen LogP contribution is 2.25. The van der Waals surface area contributed by atoms with Gasteiger partial charge in [-0.2, -0.15) is 0 Å². The van der Waals surface area contributed by atoms with Gasteiger partial charge < -0.3 is 15.4 Å². The number of hydrogen-bond acceptors (Lipinski definition) is 6. The van der Waals surface area contributed by atoms with Crippen LogP contribution in [0.5, 0.6) is 0 Å². The molecular formula is C17H19Cl2N5O2. The molecule has 1 aliphatic rings. The Hall–Kier alpha value is -1.93. The minimum Gasteiger partial charge on any atom is -0.379 e. The molecule has 0 saturated carbocycles. The highest BCUT2D eigenvalue weighted by Gasteiger charge is 2.12. The van der Waals surface area contributed by atoms with E-state index in [1.807, 2.05) is 0 Å². The Morgan fingerprint density at radius 2 is 2.00 bits per heavy atom. The average molecular weight is 396 g/mol. The van der Waals surface area contributed by atoms with Crippen LogP contribution in [0.3, 0.4) is 0 Å². The number of carbonyl (C=O) groups excluding carboxylic acids is 1. The summed E-state index contributed by atoms with van der Waals surface area (Å²) in [4.78, 5) is 23.1. The summed E-state index contributed by atoms with van der Waals surface area (Å²) in [5.41, 5.74) is 0.810. The Morgan fingerprint density at radius 3 is 2.77 bits per heavy atom. The van der Waals surface area contributed by atoms with E-state index in [-0.39, 0.29) is 11.6 Å². The first-order valence-electron chi connectivity index (χ1n) is 8.25. The molecule has 0 radical (unpaired) electrons. The second kappa shape index (κ2) is 9.14. The van der Waals surface area contributed by atoms with Gasteiger partial charge in [0.15, 0.2) is 0 Å². The van der Waals surface area contributed by atoms with Gasteiger partial charge in [0.25, 0.3) is 5.91 Å². The number of nitrogens with one attached hydrogen (secondary N) is 2. The van der Waals surface area contributed by atoms with Crippen molar-refractivity contribution in [2.75, 3.05) is 50.0 Å². The van der Waals surface area contributed by atoms with Crippen molar-refractivity contribution in [2.45, 2.75) is 0 Å². The van der Waals surface area contributed by atoms with Crippen molar-refractivity contribution in [3.05, 3.63) is 46.2 Å². The molecule has 26 heavy (non-hydrogen) atoms. The predicted molar refractivity (Wildman–Crippen MR) is 102 cm³/mol. The molecule has 2 N–H and O–H groups in total. The zero-order valence-electron chi connectivity index (χ0n) is 14.0. The molecule has 0 atom stereocenters. The lowest BCUT2D eigenvalue weighted by atomic mass is 10.3. The maximum Gasteiger partial charge on any atom is 0.274 e. The van der Waals surface area contributed by atoms with Crippen LogP contribution in [0.4, 0.5) is 11.6 Å². The molecule has 0 bridgehead atoms. The number of hydrogen-bond donors (Lipinski definition) is 2. The van der Waals surface area contributed by atoms with Crippen molar-refractivity contribution in [1.82, 2.24) is 14.9 Å². The van der Waals surface area contributed by atoms with Gasteiger partial charge in [0.1, 0.15) is 5.69 Å². The van der Waals surface area contributed by atoms with Gasteiger partial charge in [-0.3, -0.25) is 9.69 Å². The lowest BCUT2D eigenvalue weighted by molar-refractivity contribution is 0.0398. The second-order valence-corrected chi connectivity index (χ2v) is 6.54. The molecule has 1 fully saturated rings. The summed E-state index contributed by atoms with van der Waals surface area (Å²) in [6.45, 7) is 4.94. The third kappa shape index (κ3) is 5.28. The van der Waals surface area contributed by atoms with Crippen molar-refractivity contribution in [2.24, 2.45) is 0 Å². The van der Waals surface area contributed by atoms with E-state index in [1.165, 1.54) is 0 Å². The Labute approximate surface area is 161 Å². The molecular weight excluding hydrogens is 377 g/mol. The molecule has 138 valence electrons. The van der Waals surface area contributed by atoms with Gasteiger partial charge >= 0.3 is 0 Å². The van der Waals surface area contributed by atoms with Crippen LogP contribution in [0.25, 0.3) is 0 Å². The highest BCUT2D eigenvalue weighted by atomic mass is 35.5. The molecule has 0 aliphatic carbocycles. The summed E-state index contributed by atoms with van der Waals surface area (Å²) in [5, 5.41) is 6.69. The van der Waals surface area contributed by atoms with Crippen LogP contribution in [-0.4, -0.2) is 60.2 Å². The first kappa shape index (κ1) is 18.8. The number of ether oxygens (including phenoxy) is 1. The maximum atomic E-state index is 12.4. The minimum atomic E-state index is -0.345. The van der Waals surface area contributed by atoms with Gasteiger partial charge in [-0.15, -0.1) is 0 Å². The number of amides is 1. The Kier molecular flexibility index (Phi) is 6.62. The Morgan fingerprint density at radius 1 is 1.19 bits per heavy atom. The number of nitrogens with zero attached hydrogens (tertiary/aromatic N) is 3. The molecule has 0 spiro atoms. The molecule has 9 heteroatoms. The van der Waals surface area contributed by atoms with Crippen LogP contribution in [0.2, 0.25) is 10.0 Å². The van der Waals surface area contributed by atoms with Crippen LogP contribution < -0.4 is 10.6 Å². The molecule has 7 nitrogen and oxygen atoms in total. The lowest BCUT2D eigenvalue weighted by Gasteiger charge is -2.26. The average Bonchev–Trinajstić information content (AvgIpc) is 2.66. The number of rotatable bonds is 6. The molecule has 1 amide bonds. The number of halogens is 2. The zero-order chi connectivity index (χ0) is 18.4. The van der Waals surface area contributed by atoms with Crippen molar-refractivity contribution in [3.63, 3.8) is 0 Å². The van der Waals surface area contributed by atoms with Crippen molar-refractivity contribution < 1.29 is 9.53 Å². The van der Waals surface area contributed by atoms with Gasteiger partial charge in [-0.1, -0.05) is 23.2 Å². The fourth-order valence-corrected chi connectivity index (χ4v) is 2.79. The predicted octanol–water partition coefficient (Wildman–Crippen LogP) is 2.78. The maximum absolute atomic E-state index is 12.4. The van der Waals surface area contributed by atoms with Gasteiger partial charge in [-0.25, -0.2) is 9.97 Å². The topological polar surface area (TPSA) is 79.4 Å². The number of aromatic nitrogens is 2. The molecule has 0 unspecified atom stereocenters. The number of carbonyl (C=O) groups is 1. The third-order valence-electron chi connectivity index (χ3n) is 3.88. The number of anilines is 2. The molecule has 2 aromatic rings. The quantitative estimate of drug-likeness (QED) is 0.782. The third-order valence-corrected chi connectivity index (χ3v) is 4.62. The summed E-state index contributed by atoms with van der Waals surface area (Å²) in [7, 11) is 0. The standard InChI is InChI=1S/C17H19Cl2N5O2/c18-13-2-1-12(11-14(13)19)22-16(25)15-3-4-20-17(23-15)21-5-6-24-7-9-26-10-8-24/h1-4,11H,5-10H2,(H,22,25)(H,20,21,23). The fourth-order valence-electron chi connectivity index (χ4n) is 2.49. The van der Waals surface area contributed by atoms with Crippen LogP contribution in [-0.2, 0) is 4.74 Å². The smallest absolute Gasteiger partial charge is 0.274 e. The Balaban J connectivity index is 1.55. The molecule has 2 heterocycles. The first-order chi connectivity index (χ1) is 12.6. The highest BCUT2D eigenvalue weighted by molar-refractivity contribution is 6.42. The van der Waals surface area contributed by atoms with Crippen molar-refractivity contribution in [3.8, 4) is 0 Å². The van der Waals surface area contributed by atoms with Crippen molar-refractivity contribution in [1.29, 1.82) is 0 Å². The summed E-state index contributed by atoms with van der Waals surface area (Å²) >= 11 is 11.8. The molecule has 1 aromatic heterocycles. The lowest BCUT2D eigenvalue weighted by Crippen LogP contribution is -2.39. The van der Waals surface area contributed by atoms with Crippen LogP contribution >= 0.6 is 23.2 Å². The second-order valence-electron chi connectivity index (χ2n) is 5.73. The van der Waals surface area contributed by atoms with E-state index in [1.54, 1.807) is 30.5 Å². The van der Waals surface area contributed by atoms with Crippen LogP contribution in [0.15, 0.2) is 30.5 Å². The van der Waals surface area contributed by atoms with E-state index >= 15 is 0 Å². The zero-order valence-corrected chi connectivity index (χ0v) is 15.6. The van der Waals surface area contributed by atoms with Gasteiger partial charge in [0, 0.05) is 38.1 Å². The van der Waals surface area contributed by atoms with Gasteiger partial charge in [0.2, 0.25) is 5.95 Å². The Bertz CT molecular complexity index is 769. The van der Waals surface area contributed by atoms with E-state index in [0.717, 1.165) is 32.8 Å². The summed E-state index contributed by atoms with van der Waals surface area (Å²) in [5.74, 6) is 0.0714. The van der Waals surface area contributed by atoms with Crippen LogP contribution in [0.1, 0.15) is 10.5 Å². The minimum absolute atomic E-state index is 0.264. The van der Waals surface area contributed by atoms with Crippen LogP contribution in [0, 0.1) is 0 Å². The number of benzene rings is 1. The normalized spacial score (nSPS) is 14.8. The summed E-state index contributed by atoms with van der Waals surface area (Å²) < 4.78 is 5.32. The molecule has 3 rings (SSSR count). The monoisotopic (exact) mass is 395 g/mol. The van der Waals surface area contributed by atoms with Gasteiger partial charge in [-0.05, 0) is 24.3 Å².